The fourth-order valence-electron chi connectivity index (χ4n) is 3.18. The van der Waals surface area contributed by atoms with Crippen molar-refractivity contribution in [2.24, 2.45) is 5.92 Å². The summed E-state index contributed by atoms with van der Waals surface area (Å²) < 4.78 is 18.2. The predicted molar refractivity (Wildman–Crippen MR) is 105 cm³/mol. The number of nitro groups is 1. The van der Waals surface area contributed by atoms with Crippen LogP contribution in [0.2, 0.25) is 0 Å². The summed E-state index contributed by atoms with van der Waals surface area (Å²) in [6, 6.07) is 4.29. The third-order valence-corrected chi connectivity index (χ3v) is 5.83. The van der Waals surface area contributed by atoms with Crippen molar-refractivity contribution in [1.82, 2.24) is 14.9 Å². The van der Waals surface area contributed by atoms with E-state index in [1.807, 2.05) is 20.8 Å². The van der Waals surface area contributed by atoms with Crippen LogP contribution >= 0.6 is 0 Å². The van der Waals surface area contributed by atoms with Gasteiger partial charge in [0.25, 0.3) is 5.69 Å². The van der Waals surface area contributed by atoms with Gasteiger partial charge in [-0.05, 0) is 45.6 Å². The first-order valence-corrected chi connectivity index (χ1v) is 10.4. The predicted octanol–water partition coefficient (Wildman–Crippen LogP) is 3.23. The van der Waals surface area contributed by atoms with Gasteiger partial charge in [0.05, 0.1) is 26.8 Å². The molecule has 1 fully saturated rings. The number of likely N-dealkylation sites (tertiary alicyclic amines) is 1. The van der Waals surface area contributed by atoms with Crippen molar-refractivity contribution in [3.63, 3.8) is 0 Å². The maximum atomic E-state index is 12.8. The molecule has 0 saturated carbocycles. The Labute approximate surface area is 165 Å². The molecule has 152 valence electrons. The number of imidazole rings is 1. The molecule has 1 aromatic carbocycles. The summed E-state index contributed by atoms with van der Waals surface area (Å²) in [5, 5.41) is 11.2. The van der Waals surface area contributed by atoms with Gasteiger partial charge in [0.15, 0.2) is 5.16 Å². The second-order valence-corrected chi connectivity index (χ2v) is 9.36. The molecule has 1 aliphatic heterocycles. The van der Waals surface area contributed by atoms with Gasteiger partial charge in [-0.15, -0.1) is 0 Å². The summed E-state index contributed by atoms with van der Waals surface area (Å²) in [7, 11) is -1.39. The molecule has 3 rings (SSSR count). The zero-order valence-electron chi connectivity index (χ0n) is 16.1. The molecule has 1 saturated heterocycles. The monoisotopic (exact) mass is 408 g/mol. The Morgan fingerprint density at radius 2 is 2.21 bits per heavy atom. The molecule has 1 amide bonds. The van der Waals surface area contributed by atoms with Crippen molar-refractivity contribution in [3.8, 4) is 0 Å². The van der Waals surface area contributed by atoms with Crippen LogP contribution in [0.25, 0.3) is 11.0 Å². The molecule has 0 radical (unpaired) electrons. The number of hydrogen-bond acceptors (Lipinski definition) is 6. The van der Waals surface area contributed by atoms with Crippen molar-refractivity contribution >= 4 is 33.6 Å². The maximum absolute atomic E-state index is 12.8. The number of amides is 1. The molecule has 1 aliphatic rings. The van der Waals surface area contributed by atoms with Crippen molar-refractivity contribution in [2.75, 3.05) is 18.8 Å². The van der Waals surface area contributed by atoms with Crippen LogP contribution in [0.5, 0.6) is 0 Å². The Bertz CT molecular complexity index is 920. The zero-order valence-corrected chi connectivity index (χ0v) is 17.0. The lowest BCUT2D eigenvalue weighted by atomic mass is 10.0. The molecule has 0 bridgehead atoms. The molecule has 9 nitrogen and oxygen atoms in total. The standard InChI is InChI=1S/C18H24N4O5S/c1-18(2,3)27-17(23)21-8-4-5-12(10-21)11-28(26)16-19-14-7-6-13(22(24)25)9-15(14)20-16/h6-7,9,12H,4-5,8,10-11H2,1-3H3,(H,19,20). The number of non-ortho nitro benzene ring substituents is 1. The van der Waals surface area contributed by atoms with Gasteiger partial charge in [-0.3, -0.25) is 14.3 Å². The number of rotatable bonds is 4. The van der Waals surface area contributed by atoms with Crippen LogP contribution in [-0.2, 0) is 15.5 Å². The number of carbonyl (C=O) groups excluding carboxylic acids is 1. The third kappa shape index (κ3) is 4.86. The lowest BCUT2D eigenvalue weighted by Gasteiger charge is -2.33. The Balaban J connectivity index is 1.66. The smallest absolute Gasteiger partial charge is 0.410 e. The highest BCUT2D eigenvalue weighted by atomic mass is 32.2. The van der Waals surface area contributed by atoms with Crippen LogP contribution in [0.15, 0.2) is 23.4 Å². The first-order valence-electron chi connectivity index (χ1n) is 9.13. The first-order chi connectivity index (χ1) is 13.1. The van der Waals surface area contributed by atoms with E-state index in [-0.39, 0.29) is 17.7 Å². The van der Waals surface area contributed by atoms with Gasteiger partial charge in [0.2, 0.25) is 0 Å². The molecular weight excluding hydrogens is 384 g/mol. The van der Waals surface area contributed by atoms with Crippen LogP contribution < -0.4 is 0 Å². The van der Waals surface area contributed by atoms with Crippen LogP contribution in [-0.4, -0.2) is 54.5 Å². The van der Waals surface area contributed by atoms with Gasteiger partial charge in [0.1, 0.15) is 5.60 Å². The van der Waals surface area contributed by atoms with Crippen LogP contribution in [0.4, 0.5) is 10.5 Å². The maximum Gasteiger partial charge on any atom is 0.410 e. The summed E-state index contributed by atoms with van der Waals surface area (Å²) >= 11 is 0. The summed E-state index contributed by atoms with van der Waals surface area (Å²) in [5.41, 5.74) is 0.419. The summed E-state index contributed by atoms with van der Waals surface area (Å²) in [6.45, 7) is 6.60. The van der Waals surface area contributed by atoms with E-state index in [1.165, 1.54) is 18.2 Å². The number of aromatic nitrogens is 2. The number of carbonyl (C=O) groups is 1. The van der Waals surface area contributed by atoms with Crippen molar-refractivity contribution in [3.05, 3.63) is 28.3 Å². The minimum Gasteiger partial charge on any atom is -0.444 e. The number of nitrogens with one attached hydrogen (secondary N) is 1. The largest absolute Gasteiger partial charge is 0.444 e. The van der Waals surface area contributed by atoms with Crippen molar-refractivity contribution in [1.29, 1.82) is 0 Å². The number of nitrogens with zero attached hydrogens (tertiary/aromatic N) is 3. The van der Waals surface area contributed by atoms with E-state index >= 15 is 0 Å². The van der Waals surface area contributed by atoms with Gasteiger partial charge in [-0.2, -0.15) is 0 Å². The summed E-state index contributed by atoms with van der Waals surface area (Å²) in [6.07, 6.45) is 1.35. The summed E-state index contributed by atoms with van der Waals surface area (Å²) in [5.74, 6) is 0.436. The van der Waals surface area contributed by atoms with Crippen molar-refractivity contribution in [2.45, 2.75) is 44.4 Å². The minimum absolute atomic E-state index is 0.0474. The van der Waals surface area contributed by atoms with Crippen LogP contribution in [0.3, 0.4) is 0 Å². The topological polar surface area (TPSA) is 118 Å². The molecule has 2 aromatic rings. The lowest BCUT2D eigenvalue weighted by molar-refractivity contribution is -0.384. The minimum atomic E-state index is -1.39. The van der Waals surface area contributed by atoms with E-state index in [0.29, 0.717) is 35.0 Å². The number of piperidine rings is 1. The fraction of sp³-hybridized carbons (Fsp3) is 0.556. The van der Waals surface area contributed by atoms with E-state index in [0.717, 1.165) is 12.8 Å². The molecule has 28 heavy (non-hydrogen) atoms. The van der Waals surface area contributed by atoms with E-state index < -0.39 is 21.3 Å². The molecule has 2 heterocycles. The van der Waals surface area contributed by atoms with Gasteiger partial charge in [-0.1, -0.05) is 0 Å². The third-order valence-electron chi connectivity index (χ3n) is 4.43. The van der Waals surface area contributed by atoms with Crippen LogP contribution in [0.1, 0.15) is 33.6 Å². The zero-order chi connectivity index (χ0) is 20.5. The Morgan fingerprint density at radius 1 is 1.46 bits per heavy atom. The van der Waals surface area contributed by atoms with Crippen LogP contribution in [0, 0.1) is 16.0 Å². The molecule has 2 unspecified atom stereocenters. The molecule has 10 heteroatoms. The highest BCUT2D eigenvalue weighted by Gasteiger charge is 2.29. The highest BCUT2D eigenvalue weighted by molar-refractivity contribution is 7.84. The second kappa shape index (κ2) is 7.86. The summed E-state index contributed by atoms with van der Waals surface area (Å²) in [4.78, 5) is 31.6. The average molecular weight is 408 g/mol. The Hall–Kier alpha value is -2.49. The van der Waals surface area contributed by atoms with E-state index in [4.69, 9.17) is 4.74 Å². The number of hydrogen-bond donors (Lipinski definition) is 1. The SMILES string of the molecule is CC(C)(C)OC(=O)N1CCCC(CS(=O)c2nc3ccc([N+](=O)[O-])cc3[nH]2)C1. The van der Waals surface area contributed by atoms with Crippen molar-refractivity contribution < 1.29 is 18.7 Å². The van der Waals surface area contributed by atoms with Gasteiger partial charge >= 0.3 is 6.09 Å². The number of benzene rings is 1. The fourth-order valence-corrected chi connectivity index (χ4v) is 4.46. The number of aromatic amines is 1. The molecule has 0 spiro atoms. The van der Waals surface area contributed by atoms with Gasteiger partial charge in [0, 0.05) is 31.0 Å². The first kappa shape index (κ1) is 20.2. The van der Waals surface area contributed by atoms with E-state index in [9.17, 15) is 19.1 Å². The Kier molecular flexibility index (Phi) is 5.69. The lowest BCUT2D eigenvalue weighted by Crippen LogP contribution is -2.44. The molecule has 0 aliphatic carbocycles. The number of H-pyrrole nitrogens is 1. The van der Waals surface area contributed by atoms with E-state index in [1.54, 1.807) is 4.90 Å². The average Bonchev–Trinajstić information content (AvgIpc) is 3.04. The molecular formula is C18H24N4O5S. The quantitative estimate of drug-likeness (QED) is 0.613. The van der Waals surface area contributed by atoms with E-state index in [2.05, 4.69) is 9.97 Å². The normalized spacial score (nSPS) is 18.8. The Morgan fingerprint density at radius 3 is 2.89 bits per heavy atom. The number of ether oxygens (including phenoxy) is 1. The molecule has 2 atom stereocenters. The molecule has 1 aromatic heterocycles. The van der Waals surface area contributed by atoms with Gasteiger partial charge < -0.3 is 14.6 Å². The number of nitro benzene ring substituents is 1. The second-order valence-electron chi connectivity index (χ2n) is 7.95. The number of fused-ring (bicyclic) bond motifs is 1. The van der Waals surface area contributed by atoms with Gasteiger partial charge in [-0.25, -0.2) is 9.78 Å². The highest BCUT2D eigenvalue weighted by Crippen LogP contribution is 2.23. The molecule has 1 N–H and O–H groups in total.